The molecule has 0 aromatic heterocycles. The number of hydrogen-bond acceptors (Lipinski definition) is 3. The van der Waals surface area contributed by atoms with Crippen molar-refractivity contribution in [1.82, 2.24) is 10.2 Å². The Balaban J connectivity index is 2.42. The molecule has 8 heteroatoms. The van der Waals surface area contributed by atoms with E-state index in [0.717, 1.165) is 0 Å². The summed E-state index contributed by atoms with van der Waals surface area (Å²) in [6.45, 7) is 5.51. The number of amides is 3. The molecule has 25 heavy (non-hydrogen) atoms. The van der Waals surface area contributed by atoms with Crippen molar-refractivity contribution < 1.29 is 14.4 Å². The maximum atomic E-state index is 12.0. The Bertz CT molecular complexity index is 657. The smallest absolute Gasteiger partial charge is 0.243 e. The first-order valence-corrected chi connectivity index (χ1v) is 8.53. The van der Waals surface area contributed by atoms with Gasteiger partial charge < -0.3 is 15.5 Å². The molecule has 0 bridgehead atoms. The molecule has 0 aliphatic rings. The molecule has 6 nitrogen and oxygen atoms in total. The van der Waals surface area contributed by atoms with Gasteiger partial charge in [-0.05, 0) is 18.2 Å². The van der Waals surface area contributed by atoms with Gasteiger partial charge in [-0.3, -0.25) is 14.4 Å². The van der Waals surface area contributed by atoms with Gasteiger partial charge in [0.1, 0.15) is 0 Å². The molecule has 0 aliphatic heterocycles. The molecule has 0 saturated heterocycles. The van der Waals surface area contributed by atoms with E-state index in [1.807, 2.05) is 0 Å². The summed E-state index contributed by atoms with van der Waals surface area (Å²) in [6, 6.07) is 4.73. The molecule has 3 amide bonds. The number of carbonyl (C=O) groups is 3. The van der Waals surface area contributed by atoms with Gasteiger partial charge >= 0.3 is 0 Å². The van der Waals surface area contributed by atoms with E-state index >= 15 is 0 Å². The summed E-state index contributed by atoms with van der Waals surface area (Å²) < 4.78 is 0. The Kier molecular flexibility index (Phi) is 7.70. The molecule has 2 N–H and O–H groups in total. The molecule has 0 fully saturated rings. The summed E-state index contributed by atoms with van der Waals surface area (Å²) >= 11 is 11.7. The summed E-state index contributed by atoms with van der Waals surface area (Å²) in [5.41, 5.74) is -0.00741. The Hall–Kier alpha value is -1.79. The molecule has 1 rings (SSSR count). The van der Waals surface area contributed by atoms with Crippen LogP contribution in [0.5, 0.6) is 0 Å². The Morgan fingerprint density at radius 3 is 2.32 bits per heavy atom. The van der Waals surface area contributed by atoms with Gasteiger partial charge in [-0.25, -0.2) is 0 Å². The molecular weight excluding hydrogens is 365 g/mol. The third-order valence-electron chi connectivity index (χ3n) is 3.32. The Labute approximate surface area is 157 Å². The first kappa shape index (κ1) is 21.3. The molecule has 0 spiro atoms. The van der Waals surface area contributed by atoms with Crippen LogP contribution in [-0.4, -0.2) is 42.8 Å². The van der Waals surface area contributed by atoms with Crippen LogP contribution in [-0.2, 0) is 14.4 Å². The van der Waals surface area contributed by atoms with Crippen molar-refractivity contribution >= 4 is 46.6 Å². The number of nitrogens with zero attached hydrogens (tertiary/aromatic N) is 1. The second kappa shape index (κ2) is 9.06. The van der Waals surface area contributed by atoms with Gasteiger partial charge in [0.05, 0.1) is 16.6 Å². The minimum Gasteiger partial charge on any atom is -0.355 e. The predicted molar refractivity (Wildman–Crippen MR) is 99.8 cm³/mol. The van der Waals surface area contributed by atoms with Crippen molar-refractivity contribution in [3.63, 3.8) is 0 Å². The van der Waals surface area contributed by atoms with Crippen LogP contribution >= 0.6 is 23.2 Å². The van der Waals surface area contributed by atoms with E-state index in [9.17, 15) is 14.4 Å². The highest BCUT2D eigenvalue weighted by atomic mass is 35.5. The number of anilines is 1. The van der Waals surface area contributed by atoms with Crippen molar-refractivity contribution in [2.24, 2.45) is 5.41 Å². The lowest BCUT2D eigenvalue weighted by Gasteiger charge is -2.19. The number of carbonyl (C=O) groups excluding carboxylic acids is 3. The lowest BCUT2D eigenvalue weighted by Crippen LogP contribution is -2.39. The highest BCUT2D eigenvalue weighted by molar-refractivity contribution is 6.42. The average Bonchev–Trinajstić information content (AvgIpc) is 2.49. The normalized spacial score (nSPS) is 11.0. The number of hydrogen-bond donors (Lipinski definition) is 2. The highest BCUT2D eigenvalue weighted by Crippen LogP contribution is 2.24. The number of likely N-dealkylation sites (N-methyl/N-ethyl adjacent to an activating group) is 1. The van der Waals surface area contributed by atoms with E-state index in [1.54, 1.807) is 32.9 Å². The van der Waals surface area contributed by atoms with Crippen LogP contribution in [0.4, 0.5) is 5.69 Å². The molecule has 0 atom stereocenters. The van der Waals surface area contributed by atoms with E-state index in [4.69, 9.17) is 23.2 Å². The van der Waals surface area contributed by atoms with E-state index in [2.05, 4.69) is 10.6 Å². The van der Waals surface area contributed by atoms with E-state index in [0.29, 0.717) is 15.7 Å². The van der Waals surface area contributed by atoms with Gasteiger partial charge in [0.15, 0.2) is 0 Å². The van der Waals surface area contributed by atoms with E-state index in [1.165, 1.54) is 18.0 Å². The highest BCUT2D eigenvalue weighted by Gasteiger charge is 2.21. The molecule has 0 unspecified atom stereocenters. The SMILES string of the molecule is CN(CC(=O)Nc1ccc(Cl)c(Cl)c1)C(=O)CCNC(=O)C(C)(C)C. The zero-order chi connectivity index (χ0) is 19.2. The van der Waals surface area contributed by atoms with Crippen LogP contribution in [0.15, 0.2) is 18.2 Å². The summed E-state index contributed by atoms with van der Waals surface area (Å²) in [6.07, 6.45) is 0.123. The van der Waals surface area contributed by atoms with Gasteiger partial charge in [-0.2, -0.15) is 0 Å². The fourth-order valence-electron chi connectivity index (χ4n) is 1.82. The third-order valence-corrected chi connectivity index (χ3v) is 4.05. The minimum absolute atomic E-state index is 0.105. The maximum absolute atomic E-state index is 12.0. The Morgan fingerprint density at radius 2 is 1.76 bits per heavy atom. The van der Waals surface area contributed by atoms with Gasteiger partial charge in [-0.1, -0.05) is 44.0 Å². The van der Waals surface area contributed by atoms with Gasteiger partial charge in [0.25, 0.3) is 0 Å². The summed E-state index contributed by atoms with van der Waals surface area (Å²) in [4.78, 5) is 37.0. The first-order valence-electron chi connectivity index (χ1n) is 7.78. The molecule has 0 radical (unpaired) electrons. The van der Waals surface area contributed by atoms with Gasteiger partial charge in [0, 0.05) is 31.1 Å². The van der Waals surface area contributed by atoms with Crippen LogP contribution < -0.4 is 10.6 Å². The molecule has 1 aromatic carbocycles. The lowest BCUT2D eigenvalue weighted by molar-refractivity contribution is -0.133. The van der Waals surface area contributed by atoms with Gasteiger partial charge in [-0.15, -0.1) is 0 Å². The Morgan fingerprint density at radius 1 is 1.12 bits per heavy atom. The van der Waals surface area contributed by atoms with Crippen LogP contribution in [0.25, 0.3) is 0 Å². The van der Waals surface area contributed by atoms with Gasteiger partial charge in [0.2, 0.25) is 17.7 Å². The van der Waals surface area contributed by atoms with Crippen molar-refractivity contribution in [3.8, 4) is 0 Å². The first-order chi connectivity index (χ1) is 11.5. The lowest BCUT2D eigenvalue weighted by atomic mass is 9.96. The second-order valence-electron chi connectivity index (χ2n) is 6.68. The van der Waals surface area contributed by atoms with Crippen LogP contribution in [0.2, 0.25) is 10.0 Å². The number of benzene rings is 1. The summed E-state index contributed by atoms with van der Waals surface area (Å²) in [5.74, 6) is -0.716. The van der Waals surface area contributed by atoms with E-state index in [-0.39, 0.29) is 37.2 Å². The standard InChI is InChI=1S/C17H23Cl2N3O3/c1-17(2,3)16(25)20-8-7-15(24)22(4)10-14(23)21-11-5-6-12(18)13(19)9-11/h5-6,9H,7-8,10H2,1-4H3,(H,20,25)(H,21,23). The monoisotopic (exact) mass is 387 g/mol. The van der Waals surface area contributed by atoms with E-state index < -0.39 is 5.41 Å². The van der Waals surface area contributed by atoms with Crippen molar-refractivity contribution in [1.29, 1.82) is 0 Å². The topological polar surface area (TPSA) is 78.5 Å². The molecule has 1 aromatic rings. The van der Waals surface area contributed by atoms with Crippen LogP contribution in [0.1, 0.15) is 27.2 Å². The predicted octanol–water partition coefficient (Wildman–Crippen LogP) is 2.94. The number of nitrogens with one attached hydrogen (secondary N) is 2. The molecule has 0 saturated carbocycles. The zero-order valence-electron chi connectivity index (χ0n) is 14.8. The van der Waals surface area contributed by atoms with Crippen molar-refractivity contribution in [2.75, 3.05) is 25.5 Å². The summed E-state index contributed by atoms with van der Waals surface area (Å²) in [7, 11) is 1.53. The molecular formula is C17H23Cl2N3O3. The second-order valence-corrected chi connectivity index (χ2v) is 7.50. The third kappa shape index (κ3) is 7.32. The molecule has 138 valence electrons. The quantitative estimate of drug-likeness (QED) is 0.787. The number of halogens is 2. The maximum Gasteiger partial charge on any atom is 0.243 e. The van der Waals surface area contributed by atoms with Crippen LogP contribution in [0.3, 0.4) is 0 Å². The van der Waals surface area contributed by atoms with Crippen LogP contribution in [0, 0.1) is 5.41 Å². The fourth-order valence-corrected chi connectivity index (χ4v) is 2.12. The van der Waals surface area contributed by atoms with Crippen molar-refractivity contribution in [2.45, 2.75) is 27.2 Å². The number of rotatable bonds is 6. The van der Waals surface area contributed by atoms with Crippen molar-refractivity contribution in [3.05, 3.63) is 28.2 Å². The minimum atomic E-state index is -0.505. The summed E-state index contributed by atoms with van der Waals surface area (Å²) in [5, 5.41) is 6.07. The molecule has 0 heterocycles. The molecule has 0 aliphatic carbocycles. The fraction of sp³-hybridized carbons (Fsp3) is 0.471. The largest absolute Gasteiger partial charge is 0.355 e. The zero-order valence-corrected chi connectivity index (χ0v) is 16.3. The average molecular weight is 388 g/mol.